The SMILES string of the molecule is CCN(CC)C(=O)N(C)CC1CCCCN1. The molecule has 1 unspecified atom stereocenters. The molecule has 1 atom stereocenters. The van der Waals surface area contributed by atoms with Crippen molar-refractivity contribution in [3.8, 4) is 0 Å². The monoisotopic (exact) mass is 227 g/mol. The first kappa shape index (κ1) is 13.3. The molecule has 0 spiro atoms. The Bertz CT molecular complexity index is 210. The summed E-state index contributed by atoms with van der Waals surface area (Å²) in [5, 5.41) is 3.47. The van der Waals surface area contributed by atoms with Gasteiger partial charge in [0.15, 0.2) is 0 Å². The van der Waals surface area contributed by atoms with Crippen LogP contribution in [0.15, 0.2) is 0 Å². The molecule has 16 heavy (non-hydrogen) atoms. The van der Waals surface area contributed by atoms with Crippen molar-refractivity contribution < 1.29 is 4.79 Å². The van der Waals surface area contributed by atoms with Crippen molar-refractivity contribution in [3.05, 3.63) is 0 Å². The molecule has 4 heteroatoms. The van der Waals surface area contributed by atoms with Gasteiger partial charge in [0.05, 0.1) is 0 Å². The van der Waals surface area contributed by atoms with Crippen LogP contribution in [-0.4, -0.2) is 55.1 Å². The predicted molar refractivity (Wildman–Crippen MR) is 66.6 cm³/mol. The van der Waals surface area contributed by atoms with Gasteiger partial charge in [0, 0.05) is 32.7 Å². The smallest absolute Gasteiger partial charge is 0.319 e. The van der Waals surface area contributed by atoms with E-state index in [1.807, 2.05) is 30.7 Å². The average Bonchev–Trinajstić information content (AvgIpc) is 2.31. The molecule has 1 aliphatic rings. The van der Waals surface area contributed by atoms with Crippen LogP contribution >= 0.6 is 0 Å². The van der Waals surface area contributed by atoms with Crippen LogP contribution in [0.1, 0.15) is 33.1 Å². The largest absolute Gasteiger partial charge is 0.326 e. The third kappa shape index (κ3) is 3.67. The maximum Gasteiger partial charge on any atom is 0.319 e. The van der Waals surface area contributed by atoms with Crippen LogP contribution in [0.3, 0.4) is 0 Å². The number of nitrogens with one attached hydrogen (secondary N) is 1. The van der Waals surface area contributed by atoms with Crippen molar-refractivity contribution >= 4 is 6.03 Å². The number of rotatable bonds is 4. The van der Waals surface area contributed by atoms with Gasteiger partial charge >= 0.3 is 6.03 Å². The van der Waals surface area contributed by atoms with Gasteiger partial charge in [-0.05, 0) is 33.2 Å². The Morgan fingerprint density at radius 2 is 2.00 bits per heavy atom. The van der Waals surface area contributed by atoms with Crippen LogP contribution in [0.5, 0.6) is 0 Å². The molecule has 0 saturated carbocycles. The second-order valence-corrected chi connectivity index (χ2v) is 4.48. The minimum absolute atomic E-state index is 0.150. The zero-order chi connectivity index (χ0) is 12.0. The highest BCUT2D eigenvalue weighted by atomic mass is 16.2. The van der Waals surface area contributed by atoms with Crippen LogP contribution in [0.4, 0.5) is 4.79 Å². The van der Waals surface area contributed by atoms with Gasteiger partial charge in [-0.1, -0.05) is 6.42 Å². The van der Waals surface area contributed by atoms with Gasteiger partial charge in [-0.15, -0.1) is 0 Å². The van der Waals surface area contributed by atoms with Gasteiger partial charge in [-0.25, -0.2) is 4.79 Å². The lowest BCUT2D eigenvalue weighted by Crippen LogP contribution is -2.48. The number of nitrogens with zero attached hydrogens (tertiary/aromatic N) is 2. The van der Waals surface area contributed by atoms with Gasteiger partial charge < -0.3 is 15.1 Å². The summed E-state index contributed by atoms with van der Waals surface area (Å²) in [4.78, 5) is 15.7. The molecule has 0 aromatic carbocycles. The number of hydrogen-bond donors (Lipinski definition) is 1. The van der Waals surface area contributed by atoms with Crippen molar-refractivity contribution in [2.24, 2.45) is 0 Å². The Morgan fingerprint density at radius 1 is 1.31 bits per heavy atom. The van der Waals surface area contributed by atoms with E-state index in [-0.39, 0.29) is 6.03 Å². The first-order valence-electron chi connectivity index (χ1n) is 6.42. The molecule has 1 heterocycles. The molecule has 0 radical (unpaired) electrons. The Balaban J connectivity index is 2.37. The van der Waals surface area contributed by atoms with Gasteiger partial charge in [-0.3, -0.25) is 0 Å². The average molecular weight is 227 g/mol. The van der Waals surface area contributed by atoms with Gasteiger partial charge in [-0.2, -0.15) is 0 Å². The number of likely N-dealkylation sites (N-methyl/N-ethyl adjacent to an activating group) is 1. The van der Waals surface area contributed by atoms with E-state index in [1.165, 1.54) is 19.3 Å². The lowest BCUT2D eigenvalue weighted by Gasteiger charge is -2.31. The fraction of sp³-hybridized carbons (Fsp3) is 0.917. The van der Waals surface area contributed by atoms with E-state index in [4.69, 9.17) is 0 Å². The van der Waals surface area contributed by atoms with E-state index in [1.54, 1.807) is 0 Å². The Morgan fingerprint density at radius 3 is 2.50 bits per heavy atom. The highest BCUT2D eigenvalue weighted by molar-refractivity contribution is 5.74. The molecule has 0 bridgehead atoms. The van der Waals surface area contributed by atoms with Crippen LogP contribution in [0, 0.1) is 0 Å². The third-order valence-electron chi connectivity index (χ3n) is 3.27. The summed E-state index contributed by atoms with van der Waals surface area (Å²) in [7, 11) is 1.90. The zero-order valence-corrected chi connectivity index (χ0v) is 10.8. The molecular weight excluding hydrogens is 202 g/mol. The van der Waals surface area contributed by atoms with Crippen molar-refractivity contribution in [3.63, 3.8) is 0 Å². The first-order chi connectivity index (χ1) is 7.69. The van der Waals surface area contributed by atoms with Gasteiger partial charge in [0.2, 0.25) is 0 Å². The van der Waals surface area contributed by atoms with Gasteiger partial charge in [0.25, 0.3) is 0 Å². The minimum Gasteiger partial charge on any atom is -0.326 e. The standard InChI is InChI=1S/C12H25N3O/c1-4-15(5-2)12(16)14(3)10-11-8-6-7-9-13-11/h11,13H,4-10H2,1-3H3. The summed E-state index contributed by atoms with van der Waals surface area (Å²) in [6, 6.07) is 0.635. The Kier molecular flexibility index (Phi) is 5.60. The van der Waals surface area contributed by atoms with E-state index >= 15 is 0 Å². The third-order valence-corrected chi connectivity index (χ3v) is 3.27. The summed E-state index contributed by atoms with van der Waals surface area (Å²) >= 11 is 0. The van der Waals surface area contributed by atoms with Crippen LogP contribution < -0.4 is 5.32 Å². The normalized spacial score (nSPS) is 20.6. The van der Waals surface area contributed by atoms with Gasteiger partial charge in [0.1, 0.15) is 0 Å². The van der Waals surface area contributed by atoms with E-state index in [9.17, 15) is 4.79 Å². The molecular formula is C12H25N3O. The minimum atomic E-state index is 0.150. The molecule has 2 amide bonds. The van der Waals surface area contributed by atoms with Crippen LogP contribution in [0.25, 0.3) is 0 Å². The molecule has 1 aliphatic heterocycles. The molecule has 0 aromatic heterocycles. The number of amides is 2. The predicted octanol–water partition coefficient (Wildman–Crippen LogP) is 1.52. The summed E-state index contributed by atoms with van der Waals surface area (Å²) in [6.07, 6.45) is 3.74. The summed E-state index contributed by atoms with van der Waals surface area (Å²) < 4.78 is 0. The fourth-order valence-electron chi connectivity index (χ4n) is 2.22. The summed E-state index contributed by atoms with van der Waals surface area (Å²) in [5.74, 6) is 0. The van der Waals surface area contributed by atoms with Crippen molar-refractivity contribution in [1.82, 2.24) is 15.1 Å². The number of hydrogen-bond acceptors (Lipinski definition) is 2. The lowest BCUT2D eigenvalue weighted by molar-refractivity contribution is 0.160. The van der Waals surface area contributed by atoms with E-state index in [0.717, 1.165) is 26.2 Å². The second kappa shape index (κ2) is 6.74. The van der Waals surface area contributed by atoms with Crippen LogP contribution in [-0.2, 0) is 0 Å². The topological polar surface area (TPSA) is 35.6 Å². The van der Waals surface area contributed by atoms with Crippen molar-refractivity contribution in [2.45, 2.75) is 39.2 Å². The summed E-state index contributed by atoms with van der Waals surface area (Å²) in [6.45, 7) is 7.55. The first-order valence-corrected chi connectivity index (χ1v) is 6.42. The van der Waals surface area contributed by atoms with Crippen molar-refractivity contribution in [1.29, 1.82) is 0 Å². The molecule has 4 nitrogen and oxygen atoms in total. The van der Waals surface area contributed by atoms with Crippen molar-refractivity contribution in [2.75, 3.05) is 33.2 Å². The maximum absolute atomic E-state index is 12.0. The number of carbonyl (C=O) groups excluding carboxylic acids is 1. The molecule has 94 valence electrons. The number of urea groups is 1. The highest BCUT2D eigenvalue weighted by Crippen LogP contribution is 2.08. The quantitative estimate of drug-likeness (QED) is 0.790. The zero-order valence-electron chi connectivity index (χ0n) is 10.8. The Hall–Kier alpha value is -0.770. The van der Waals surface area contributed by atoms with E-state index in [2.05, 4.69) is 5.32 Å². The molecule has 1 N–H and O–H groups in total. The van der Waals surface area contributed by atoms with E-state index < -0.39 is 0 Å². The molecule has 0 aromatic rings. The number of piperidine rings is 1. The number of carbonyl (C=O) groups is 1. The van der Waals surface area contributed by atoms with Crippen LogP contribution in [0.2, 0.25) is 0 Å². The Labute approximate surface area is 99.0 Å². The van der Waals surface area contributed by atoms with E-state index in [0.29, 0.717) is 6.04 Å². The molecule has 0 aliphatic carbocycles. The molecule has 1 saturated heterocycles. The lowest BCUT2D eigenvalue weighted by atomic mass is 10.0. The fourth-order valence-corrected chi connectivity index (χ4v) is 2.22. The maximum atomic E-state index is 12.0. The molecule has 1 rings (SSSR count). The molecule has 1 fully saturated rings. The summed E-state index contributed by atoms with van der Waals surface area (Å²) in [5.41, 5.74) is 0. The second-order valence-electron chi connectivity index (χ2n) is 4.48. The highest BCUT2D eigenvalue weighted by Gasteiger charge is 2.20.